The third-order valence-corrected chi connectivity index (χ3v) is 6.24. The van der Waals surface area contributed by atoms with E-state index in [-0.39, 0.29) is 30.0 Å². The summed E-state index contributed by atoms with van der Waals surface area (Å²) in [5.74, 6) is -1.00. The summed E-state index contributed by atoms with van der Waals surface area (Å²) in [7, 11) is 0. The Morgan fingerprint density at radius 1 is 1.32 bits per heavy atom. The topological polar surface area (TPSA) is 92.5 Å². The van der Waals surface area contributed by atoms with E-state index >= 15 is 0 Å². The molecule has 0 bridgehead atoms. The zero-order valence-electron chi connectivity index (χ0n) is 13.6. The maximum Gasteiger partial charge on any atom is 0.326 e. The third kappa shape index (κ3) is 2.74. The van der Waals surface area contributed by atoms with E-state index in [2.05, 4.69) is 4.98 Å². The second-order valence-corrected chi connectivity index (χ2v) is 7.71. The van der Waals surface area contributed by atoms with Gasteiger partial charge < -0.3 is 10.0 Å². The Balaban J connectivity index is 1.62. The van der Waals surface area contributed by atoms with Crippen LogP contribution >= 0.6 is 11.3 Å². The highest BCUT2D eigenvalue weighted by molar-refractivity contribution is 7.16. The zero-order valence-corrected chi connectivity index (χ0v) is 14.4. The molecule has 2 fully saturated rings. The Bertz CT molecular complexity index is 889. The Labute approximate surface area is 147 Å². The van der Waals surface area contributed by atoms with Gasteiger partial charge in [-0.25, -0.2) is 9.78 Å². The van der Waals surface area contributed by atoms with Gasteiger partial charge in [-0.15, -0.1) is 11.3 Å². The minimum absolute atomic E-state index is 0.0177. The molecule has 8 heteroatoms. The van der Waals surface area contributed by atoms with E-state index in [1.54, 1.807) is 11.4 Å². The highest BCUT2D eigenvalue weighted by atomic mass is 32.1. The summed E-state index contributed by atoms with van der Waals surface area (Å²) in [6.07, 6.45) is 5.82. The van der Waals surface area contributed by atoms with Gasteiger partial charge in [-0.3, -0.25) is 14.2 Å². The number of likely N-dealkylation sites (tertiary alicyclic amines) is 1. The van der Waals surface area contributed by atoms with Crippen LogP contribution in [0.3, 0.4) is 0 Å². The molecule has 0 aromatic carbocycles. The lowest BCUT2D eigenvalue weighted by Gasteiger charge is -2.33. The monoisotopic (exact) mass is 361 g/mol. The van der Waals surface area contributed by atoms with Crippen LogP contribution in [-0.4, -0.2) is 43.5 Å². The molecule has 2 aromatic rings. The van der Waals surface area contributed by atoms with Gasteiger partial charge in [0, 0.05) is 6.04 Å². The van der Waals surface area contributed by atoms with E-state index in [0.717, 1.165) is 25.7 Å². The number of carboxylic acids is 1. The van der Waals surface area contributed by atoms with Crippen molar-refractivity contribution < 1.29 is 14.7 Å². The fourth-order valence-corrected chi connectivity index (χ4v) is 5.00. The molecular weight excluding hydrogens is 342 g/mol. The molecule has 1 aliphatic carbocycles. The molecule has 3 atom stereocenters. The van der Waals surface area contributed by atoms with Gasteiger partial charge in [0.15, 0.2) is 0 Å². The van der Waals surface area contributed by atoms with E-state index in [0.29, 0.717) is 16.6 Å². The van der Waals surface area contributed by atoms with Crippen molar-refractivity contribution in [3.05, 3.63) is 28.1 Å². The number of amides is 1. The third-order valence-electron chi connectivity index (χ3n) is 5.42. The number of nitrogens with zero attached hydrogens (tertiary/aromatic N) is 3. The first kappa shape index (κ1) is 16.3. The number of hydrogen-bond acceptors (Lipinski definition) is 5. The number of aliphatic carboxylic acids is 1. The van der Waals surface area contributed by atoms with Crippen LogP contribution in [0.2, 0.25) is 0 Å². The van der Waals surface area contributed by atoms with Crippen molar-refractivity contribution in [2.75, 3.05) is 0 Å². The van der Waals surface area contributed by atoms with Gasteiger partial charge in [0.25, 0.3) is 5.56 Å². The summed E-state index contributed by atoms with van der Waals surface area (Å²) in [5.41, 5.74) is -0.258. The van der Waals surface area contributed by atoms with Crippen LogP contribution in [0, 0.1) is 5.92 Å². The highest BCUT2D eigenvalue weighted by Gasteiger charge is 2.47. The molecule has 7 nitrogen and oxygen atoms in total. The largest absolute Gasteiger partial charge is 0.480 e. The Morgan fingerprint density at radius 2 is 2.12 bits per heavy atom. The maximum absolute atomic E-state index is 12.9. The van der Waals surface area contributed by atoms with Gasteiger partial charge in [-0.2, -0.15) is 0 Å². The molecule has 3 heterocycles. The molecule has 2 aliphatic rings. The summed E-state index contributed by atoms with van der Waals surface area (Å²) in [6.45, 7) is -0.162. The second kappa shape index (κ2) is 6.25. The molecule has 4 rings (SSSR count). The van der Waals surface area contributed by atoms with Gasteiger partial charge in [0.2, 0.25) is 5.91 Å². The second-order valence-electron chi connectivity index (χ2n) is 6.82. The van der Waals surface area contributed by atoms with E-state index in [1.807, 2.05) is 0 Å². The predicted octanol–water partition coefficient (Wildman–Crippen LogP) is 1.70. The summed E-state index contributed by atoms with van der Waals surface area (Å²) in [6, 6.07) is 0.897. The van der Waals surface area contributed by atoms with E-state index in [9.17, 15) is 19.5 Å². The summed E-state index contributed by atoms with van der Waals surface area (Å²) in [5, 5.41) is 11.8. The van der Waals surface area contributed by atoms with Crippen molar-refractivity contribution in [1.82, 2.24) is 14.5 Å². The Kier molecular flexibility index (Phi) is 4.07. The number of aromatic nitrogens is 2. The minimum atomic E-state index is -0.957. The lowest BCUT2D eigenvalue weighted by atomic mass is 9.85. The van der Waals surface area contributed by atoms with Crippen LogP contribution in [0.4, 0.5) is 0 Å². The molecule has 1 saturated carbocycles. The van der Waals surface area contributed by atoms with Crippen LogP contribution in [0.25, 0.3) is 10.2 Å². The van der Waals surface area contributed by atoms with Crippen LogP contribution in [0.15, 0.2) is 22.6 Å². The molecule has 1 aliphatic heterocycles. The normalized spacial score (nSPS) is 25.9. The number of carboxylic acid groups (broad SMARTS) is 1. The lowest BCUT2D eigenvalue weighted by molar-refractivity contribution is -0.150. The molecule has 1 amide bonds. The zero-order chi connectivity index (χ0) is 17.6. The van der Waals surface area contributed by atoms with Crippen molar-refractivity contribution in [2.45, 2.75) is 50.7 Å². The first-order valence-corrected chi connectivity index (χ1v) is 9.41. The number of rotatable bonds is 3. The number of hydrogen-bond donors (Lipinski definition) is 1. The predicted molar refractivity (Wildman–Crippen MR) is 92.5 cm³/mol. The van der Waals surface area contributed by atoms with Gasteiger partial charge >= 0.3 is 5.97 Å². The maximum atomic E-state index is 12.9. The van der Waals surface area contributed by atoms with Crippen molar-refractivity contribution >= 4 is 33.4 Å². The SMILES string of the molecule is O=C(O)C1CC2CCCCC2N1C(=O)Cn1cnc2sccc2c1=O. The van der Waals surface area contributed by atoms with E-state index in [1.165, 1.54) is 27.1 Å². The van der Waals surface area contributed by atoms with Crippen LogP contribution < -0.4 is 5.56 Å². The Morgan fingerprint density at radius 3 is 2.92 bits per heavy atom. The van der Waals surface area contributed by atoms with Crippen LogP contribution in [-0.2, 0) is 16.1 Å². The molecule has 132 valence electrons. The molecule has 1 N–H and O–H groups in total. The summed E-state index contributed by atoms with van der Waals surface area (Å²) < 4.78 is 1.28. The molecule has 25 heavy (non-hydrogen) atoms. The quantitative estimate of drug-likeness (QED) is 0.898. The van der Waals surface area contributed by atoms with Crippen LogP contribution in [0.5, 0.6) is 0 Å². The van der Waals surface area contributed by atoms with Gasteiger partial charge in [-0.1, -0.05) is 12.8 Å². The number of thiophene rings is 1. The van der Waals surface area contributed by atoms with Crippen molar-refractivity contribution in [3.8, 4) is 0 Å². The average Bonchev–Trinajstić information content (AvgIpc) is 3.21. The number of carbonyl (C=O) groups is 2. The summed E-state index contributed by atoms with van der Waals surface area (Å²) >= 11 is 1.38. The van der Waals surface area contributed by atoms with Crippen molar-refractivity contribution in [2.24, 2.45) is 5.92 Å². The number of carbonyl (C=O) groups excluding carboxylic acids is 1. The highest BCUT2D eigenvalue weighted by Crippen LogP contribution is 2.39. The molecule has 1 saturated heterocycles. The fraction of sp³-hybridized carbons (Fsp3) is 0.529. The molecule has 0 radical (unpaired) electrons. The first-order valence-electron chi connectivity index (χ1n) is 8.53. The van der Waals surface area contributed by atoms with E-state index < -0.39 is 12.0 Å². The van der Waals surface area contributed by atoms with E-state index in [4.69, 9.17) is 0 Å². The van der Waals surface area contributed by atoms with Gasteiger partial charge in [0.1, 0.15) is 17.4 Å². The van der Waals surface area contributed by atoms with Crippen LogP contribution in [0.1, 0.15) is 32.1 Å². The smallest absolute Gasteiger partial charge is 0.326 e. The van der Waals surface area contributed by atoms with Crippen molar-refractivity contribution in [3.63, 3.8) is 0 Å². The van der Waals surface area contributed by atoms with Crippen molar-refractivity contribution in [1.29, 1.82) is 0 Å². The Hall–Kier alpha value is -2.22. The molecule has 0 spiro atoms. The molecule has 3 unspecified atom stereocenters. The lowest BCUT2D eigenvalue weighted by Crippen LogP contribution is -2.48. The van der Waals surface area contributed by atoms with Gasteiger partial charge in [-0.05, 0) is 36.6 Å². The fourth-order valence-electron chi connectivity index (χ4n) is 4.27. The molecular formula is C17H19N3O4S. The molecule has 2 aromatic heterocycles. The number of fused-ring (bicyclic) bond motifs is 2. The average molecular weight is 361 g/mol. The summed E-state index contributed by atoms with van der Waals surface area (Å²) in [4.78, 5) is 43.4. The minimum Gasteiger partial charge on any atom is -0.480 e. The first-order chi connectivity index (χ1) is 12.1. The van der Waals surface area contributed by atoms with Gasteiger partial charge in [0.05, 0.1) is 11.7 Å². The standard InChI is InChI=1S/C17H19N3O4S/c21-14(8-19-9-18-15-11(16(19)22)5-6-25-15)20-12-4-2-1-3-10(12)7-13(20)17(23)24/h5-6,9-10,12-13H,1-4,7-8H2,(H,23,24).